The Morgan fingerprint density at radius 1 is 0.676 bits per heavy atom. The highest BCUT2D eigenvalue weighted by Crippen LogP contribution is 2.45. The van der Waals surface area contributed by atoms with Gasteiger partial charge in [-0.15, -0.1) is 0 Å². The van der Waals surface area contributed by atoms with E-state index >= 15 is 4.39 Å². The van der Waals surface area contributed by atoms with E-state index in [0.29, 0.717) is 102 Å². The number of aromatic nitrogens is 9. The van der Waals surface area contributed by atoms with Gasteiger partial charge in [0.2, 0.25) is 17.8 Å². The zero-order chi connectivity index (χ0) is 49.4. The molecule has 20 heteroatoms. The number of piperidine rings is 1. The SMILES string of the molecule is CNc1nc(NC2CN(C3CC3Cc3nc4nc(NC5CN(CC6CCC6c6cc(C)c7c(N)nc(NC8CCN(C)CC8)nc7n6)CC5O)nc(NC)c4c(C)c3C)CC2F)nc2nc(C)cc(C)c12. The summed E-state index contributed by atoms with van der Waals surface area (Å²) >= 11 is 0. The number of likely N-dealkylation sites (tertiary alicyclic amines) is 3. The van der Waals surface area contributed by atoms with E-state index in [2.05, 4.69) is 85.1 Å². The van der Waals surface area contributed by atoms with Gasteiger partial charge in [-0.25, -0.2) is 19.3 Å². The number of aryl methyl sites for hydroxylation is 4. The molecule has 0 amide bonds. The van der Waals surface area contributed by atoms with Gasteiger partial charge in [-0.2, -0.15) is 29.9 Å². The van der Waals surface area contributed by atoms with Crippen LogP contribution in [-0.4, -0.2) is 168 Å². The molecule has 9 heterocycles. The van der Waals surface area contributed by atoms with Gasteiger partial charge < -0.3 is 42.3 Å². The Balaban J connectivity index is 0.732. The first-order valence-electron chi connectivity index (χ1n) is 25.6. The second-order valence-electron chi connectivity index (χ2n) is 21.3. The Hall–Kier alpha value is -5.96. The van der Waals surface area contributed by atoms with Crippen LogP contribution in [0.2, 0.25) is 0 Å². The highest BCUT2D eigenvalue weighted by Gasteiger charge is 2.48. The van der Waals surface area contributed by atoms with E-state index in [1.807, 2.05) is 34.0 Å². The Morgan fingerprint density at radius 3 is 2.04 bits per heavy atom. The van der Waals surface area contributed by atoms with Crippen molar-refractivity contribution >= 4 is 68.4 Å². The van der Waals surface area contributed by atoms with Gasteiger partial charge in [-0.1, -0.05) is 0 Å². The summed E-state index contributed by atoms with van der Waals surface area (Å²) in [6.07, 6.45) is 4.31. The second kappa shape index (κ2) is 18.9. The van der Waals surface area contributed by atoms with Crippen molar-refractivity contribution in [3.05, 3.63) is 51.5 Å². The number of rotatable bonds is 14. The average molecular weight is 969 g/mol. The van der Waals surface area contributed by atoms with Crippen molar-refractivity contribution in [2.45, 2.75) is 116 Å². The highest BCUT2D eigenvalue weighted by atomic mass is 19.1. The fraction of sp³-hybridized carbons (Fsp3) is 0.588. The molecule has 6 aromatic rings. The number of anilines is 6. The summed E-state index contributed by atoms with van der Waals surface area (Å²) in [5.74, 6) is 4.24. The van der Waals surface area contributed by atoms with E-state index in [1.54, 1.807) is 0 Å². The molecule has 376 valence electrons. The summed E-state index contributed by atoms with van der Waals surface area (Å²) in [4.78, 5) is 50.7. The monoisotopic (exact) mass is 969 g/mol. The molecule has 5 fully saturated rings. The summed E-state index contributed by atoms with van der Waals surface area (Å²) < 4.78 is 15.7. The van der Waals surface area contributed by atoms with E-state index in [0.717, 1.165) is 114 Å². The summed E-state index contributed by atoms with van der Waals surface area (Å²) in [5.41, 5.74) is 15.6. The van der Waals surface area contributed by atoms with Crippen LogP contribution in [0.4, 0.5) is 39.7 Å². The summed E-state index contributed by atoms with van der Waals surface area (Å²) in [7, 11) is 5.85. The maximum absolute atomic E-state index is 15.7. The van der Waals surface area contributed by atoms with Crippen molar-refractivity contribution < 1.29 is 9.50 Å². The number of nitrogens with two attached hydrogens (primary N) is 1. The molecule has 8 unspecified atom stereocenters. The van der Waals surface area contributed by atoms with Crippen LogP contribution in [-0.2, 0) is 6.42 Å². The molecule has 8 atom stereocenters. The molecule has 3 saturated heterocycles. The number of hydrogen-bond donors (Lipinski definition) is 7. The number of aliphatic hydroxyl groups excluding tert-OH is 1. The van der Waals surface area contributed by atoms with Crippen molar-refractivity contribution in [3.8, 4) is 0 Å². The number of nitrogens with zero attached hydrogens (tertiary/aromatic N) is 12. The largest absolute Gasteiger partial charge is 0.390 e. The average Bonchev–Trinajstić information content (AvgIpc) is 3.87. The van der Waals surface area contributed by atoms with Crippen LogP contribution in [0.3, 0.4) is 0 Å². The van der Waals surface area contributed by atoms with Gasteiger partial charge in [0.25, 0.3) is 0 Å². The number of nitrogen functional groups attached to an aromatic ring is 1. The normalized spacial score (nSPS) is 26.3. The molecule has 19 nitrogen and oxygen atoms in total. The van der Waals surface area contributed by atoms with Gasteiger partial charge in [-0.05, 0) is 140 Å². The fourth-order valence-corrected chi connectivity index (χ4v) is 12.0. The van der Waals surface area contributed by atoms with Crippen LogP contribution in [0.5, 0.6) is 0 Å². The molecule has 2 aliphatic carbocycles. The van der Waals surface area contributed by atoms with E-state index in [-0.39, 0.29) is 12.1 Å². The molecule has 0 bridgehead atoms. The first-order valence-corrected chi connectivity index (χ1v) is 25.6. The summed E-state index contributed by atoms with van der Waals surface area (Å²) in [6, 6.07) is 4.06. The van der Waals surface area contributed by atoms with Gasteiger partial charge in [0.15, 0.2) is 16.9 Å². The lowest BCUT2D eigenvalue weighted by atomic mass is 9.71. The molecule has 3 aliphatic heterocycles. The van der Waals surface area contributed by atoms with Gasteiger partial charge in [-0.3, -0.25) is 9.80 Å². The molecule has 5 aliphatic rings. The molecule has 8 N–H and O–H groups in total. The van der Waals surface area contributed by atoms with Crippen LogP contribution < -0.4 is 32.3 Å². The third-order valence-electron chi connectivity index (χ3n) is 16.3. The predicted molar refractivity (Wildman–Crippen MR) is 278 cm³/mol. The molecule has 0 spiro atoms. The fourth-order valence-electron chi connectivity index (χ4n) is 12.0. The predicted octanol–water partition coefficient (Wildman–Crippen LogP) is 5.13. The smallest absolute Gasteiger partial charge is 0.227 e. The summed E-state index contributed by atoms with van der Waals surface area (Å²) in [6.45, 7) is 15.3. The Morgan fingerprint density at radius 2 is 1.34 bits per heavy atom. The third kappa shape index (κ3) is 9.27. The van der Waals surface area contributed by atoms with Crippen LogP contribution in [0.15, 0.2) is 12.1 Å². The molecule has 6 aromatic heterocycles. The second-order valence-corrected chi connectivity index (χ2v) is 21.3. The van der Waals surface area contributed by atoms with Gasteiger partial charge in [0.1, 0.15) is 23.6 Å². The molecule has 71 heavy (non-hydrogen) atoms. The number of nitrogens with one attached hydrogen (secondary N) is 5. The number of fused-ring (bicyclic) bond motifs is 3. The van der Waals surface area contributed by atoms with Gasteiger partial charge >= 0.3 is 0 Å². The van der Waals surface area contributed by atoms with E-state index in [1.165, 1.54) is 0 Å². The first kappa shape index (κ1) is 47.4. The van der Waals surface area contributed by atoms with Gasteiger partial charge in [0, 0.05) is 81.9 Å². The van der Waals surface area contributed by atoms with E-state index in [4.69, 9.17) is 40.6 Å². The van der Waals surface area contributed by atoms with Crippen molar-refractivity contribution in [1.82, 2.24) is 59.6 Å². The van der Waals surface area contributed by atoms with Crippen LogP contribution >= 0.6 is 0 Å². The molecule has 0 radical (unpaired) electrons. The highest BCUT2D eigenvalue weighted by molar-refractivity contribution is 5.92. The van der Waals surface area contributed by atoms with Crippen LogP contribution in [0.25, 0.3) is 33.1 Å². The lowest BCUT2D eigenvalue weighted by Gasteiger charge is -2.39. The maximum atomic E-state index is 15.7. The standard InChI is InChI=1S/C51H69FN18O/c1-24-15-26(3)56-47-41(24)44(54-6)63-50(66-47)60-36-22-70(20-33(36)52)38-18-30(38)17-34-27(4)28(5)42-45(55-7)64-51(67-48(42)58-34)61-37-21-69(23-39(37)71)19-29-9-10-32(29)35-16-25(2)40-43(53)62-49(65-46(40)59-35)57-31-11-13-68(8)14-12-31/h15-16,29-33,36-39,71H,9-14,17-23H2,1-8H3,(H3,53,57,59,62,65)(H2,54,56,60,63,66)(H2,55,58,61,64,67). The van der Waals surface area contributed by atoms with Crippen molar-refractivity contribution in [3.63, 3.8) is 0 Å². The quantitative estimate of drug-likeness (QED) is 0.0750. The Kier molecular flexibility index (Phi) is 12.6. The number of alkyl halides is 1. The number of halogens is 1. The Bertz CT molecular complexity index is 3000. The minimum Gasteiger partial charge on any atom is -0.390 e. The minimum atomic E-state index is -1.06. The molecule has 0 aromatic carbocycles. The number of β-amino-alcohol motifs (C(OH)–C–C–N with tert-alkyl or cyclic N) is 1. The first-order chi connectivity index (χ1) is 34.2. The van der Waals surface area contributed by atoms with Gasteiger partial charge in [0.05, 0.1) is 34.3 Å². The number of hydrogen-bond acceptors (Lipinski definition) is 19. The van der Waals surface area contributed by atoms with Crippen LogP contribution in [0, 0.1) is 46.5 Å². The van der Waals surface area contributed by atoms with E-state index in [9.17, 15) is 5.11 Å². The van der Waals surface area contributed by atoms with Crippen molar-refractivity contribution in [1.29, 1.82) is 0 Å². The van der Waals surface area contributed by atoms with E-state index < -0.39 is 18.3 Å². The number of pyridine rings is 3. The molecular formula is C51H69FN18O. The van der Waals surface area contributed by atoms with Crippen LogP contribution in [0.1, 0.15) is 77.4 Å². The molecule has 2 saturated carbocycles. The Labute approximate surface area is 414 Å². The topological polar surface area (TPSA) is 232 Å². The number of aliphatic hydroxyl groups is 1. The maximum Gasteiger partial charge on any atom is 0.227 e. The molecular weight excluding hydrogens is 900 g/mol. The zero-order valence-electron chi connectivity index (χ0n) is 42.3. The zero-order valence-corrected chi connectivity index (χ0v) is 42.3. The summed E-state index contributed by atoms with van der Waals surface area (Å²) in [5, 5.41) is 30.8. The minimum absolute atomic E-state index is 0.258. The lowest BCUT2D eigenvalue weighted by Crippen LogP contribution is -2.37. The van der Waals surface area contributed by atoms with Crippen molar-refractivity contribution in [2.24, 2.45) is 11.8 Å². The molecule has 11 rings (SSSR count). The van der Waals surface area contributed by atoms with Crippen molar-refractivity contribution in [2.75, 3.05) is 99.3 Å². The lowest BCUT2D eigenvalue weighted by molar-refractivity contribution is 0.140. The third-order valence-corrected chi connectivity index (χ3v) is 16.3.